The Balaban J connectivity index is 0.000000586. The molecule has 0 radical (unpaired) electrons. The highest BCUT2D eigenvalue weighted by molar-refractivity contribution is 7.99. The zero-order chi connectivity index (χ0) is 27.5. The van der Waals surface area contributed by atoms with Gasteiger partial charge >= 0.3 is 0 Å². The van der Waals surface area contributed by atoms with Crippen LogP contribution in [-0.2, 0) is 10.4 Å². The van der Waals surface area contributed by atoms with Crippen LogP contribution in [0.4, 0.5) is 22.7 Å². The lowest BCUT2D eigenvalue weighted by molar-refractivity contribution is -0.888. The van der Waals surface area contributed by atoms with E-state index in [1.165, 1.54) is 56.5 Å². The Morgan fingerprint density at radius 2 is 1.57 bits per heavy atom. The monoisotopic (exact) mass is 547 g/mol. The van der Waals surface area contributed by atoms with Gasteiger partial charge in [0.25, 0.3) is 0 Å². The van der Waals surface area contributed by atoms with E-state index in [4.69, 9.17) is 17.5 Å². The van der Waals surface area contributed by atoms with E-state index >= 15 is 0 Å². The van der Waals surface area contributed by atoms with Crippen LogP contribution in [0.1, 0.15) is 91.2 Å². The van der Waals surface area contributed by atoms with Gasteiger partial charge in [0.05, 0.1) is 23.5 Å². The molecule has 0 aromatic heterocycles. The second-order valence-corrected chi connectivity index (χ2v) is 13.9. The molecule has 7 nitrogen and oxygen atoms in total. The van der Waals surface area contributed by atoms with Crippen molar-refractivity contribution in [2.45, 2.75) is 101 Å². The standard InChI is InChI=1S/C28H39N3S.H2O4S/c1-9-30-23-13-25-21(11-19(23)17(3)15-27(30,5)6)29-22-12-20-18(4)16-28(7,8)31(10-2)24(20)14-26(22)32-25;1-5(2,3)4/h11-14,17-18,29H,9-10,15-16H2,1-8H3;(H2,1,2,3,4). The number of fused-ring (bicyclic) bond motifs is 4. The smallest absolute Gasteiger partial charge is 0.215 e. The van der Waals surface area contributed by atoms with Crippen LogP contribution in [0.3, 0.4) is 0 Å². The minimum Gasteiger partial charge on any atom is -0.726 e. The van der Waals surface area contributed by atoms with Crippen molar-refractivity contribution in [1.29, 1.82) is 0 Å². The molecule has 2 aromatic carbocycles. The number of nitrogens with zero attached hydrogens (tertiary/aromatic N) is 1. The zero-order valence-corrected chi connectivity index (χ0v) is 24.9. The van der Waals surface area contributed by atoms with Crippen molar-refractivity contribution in [2.24, 2.45) is 0 Å². The normalized spacial score (nSPS) is 24.9. The summed E-state index contributed by atoms with van der Waals surface area (Å²) in [4.78, 5) is 6.97. The van der Waals surface area contributed by atoms with Gasteiger partial charge < -0.3 is 14.8 Å². The molecule has 0 amide bonds. The highest BCUT2D eigenvalue weighted by Crippen LogP contribution is 2.52. The number of rotatable bonds is 2. The van der Waals surface area contributed by atoms with Crippen LogP contribution in [0.25, 0.3) is 0 Å². The van der Waals surface area contributed by atoms with Crippen molar-refractivity contribution in [3.05, 3.63) is 35.4 Å². The van der Waals surface area contributed by atoms with Gasteiger partial charge in [-0.25, -0.2) is 8.42 Å². The summed E-state index contributed by atoms with van der Waals surface area (Å²) < 4.78 is 32.8. The minimum absolute atomic E-state index is 0.200. The number of anilines is 3. The highest BCUT2D eigenvalue weighted by atomic mass is 32.3. The largest absolute Gasteiger partial charge is 0.726 e. The average Bonchev–Trinajstić information content (AvgIpc) is 2.74. The summed E-state index contributed by atoms with van der Waals surface area (Å²) in [5, 5.41) is 3.84. The summed E-state index contributed by atoms with van der Waals surface area (Å²) in [5.74, 6) is 1.17. The van der Waals surface area contributed by atoms with Crippen LogP contribution < -0.4 is 15.1 Å². The number of hydrogen-bond acceptors (Lipinski definition) is 6. The highest BCUT2D eigenvalue weighted by Gasteiger charge is 2.41. The van der Waals surface area contributed by atoms with Crippen LogP contribution in [0, 0.1) is 0 Å². The summed E-state index contributed by atoms with van der Waals surface area (Å²) in [6.45, 7) is 21.3. The van der Waals surface area contributed by atoms with Gasteiger partial charge in [0.15, 0.2) is 0 Å². The van der Waals surface area contributed by atoms with E-state index in [2.05, 4.69) is 89.9 Å². The third-order valence-electron chi connectivity index (χ3n) is 8.29. The van der Waals surface area contributed by atoms with Crippen LogP contribution >= 0.6 is 11.8 Å². The van der Waals surface area contributed by atoms with Crippen LogP contribution in [0.5, 0.6) is 0 Å². The molecule has 3 heterocycles. The molecule has 0 spiro atoms. The minimum atomic E-state index is -4.92. The Labute approximate surface area is 226 Å². The first-order chi connectivity index (χ1) is 17.1. The molecule has 204 valence electrons. The maximum absolute atomic E-state index is 8.63. The van der Waals surface area contributed by atoms with Crippen LogP contribution in [0.15, 0.2) is 34.1 Å². The second-order valence-electron chi connectivity index (χ2n) is 12.0. The molecule has 0 aliphatic carbocycles. The molecule has 0 bridgehead atoms. The molecule has 3 unspecified atom stereocenters. The Hall–Kier alpha value is -1.78. The molecule has 5 rings (SSSR count). The quantitative estimate of drug-likeness (QED) is 0.274. The van der Waals surface area contributed by atoms with E-state index in [-0.39, 0.29) is 11.1 Å². The van der Waals surface area contributed by atoms with E-state index in [0.29, 0.717) is 11.8 Å². The molecule has 0 fully saturated rings. The molecular formula is C28H41N3O4S2. The summed E-state index contributed by atoms with van der Waals surface area (Å²) in [6, 6.07) is 9.85. The number of benzene rings is 2. The molecule has 2 aromatic rings. The molecule has 0 saturated carbocycles. The summed E-state index contributed by atoms with van der Waals surface area (Å²) >= 11 is 1.95. The van der Waals surface area contributed by atoms with Gasteiger partial charge in [-0.2, -0.15) is 0 Å². The summed E-state index contributed by atoms with van der Waals surface area (Å²) in [5.41, 5.74) is 9.02. The van der Waals surface area contributed by atoms with Gasteiger partial charge in [0.2, 0.25) is 10.4 Å². The fourth-order valence-corrected chi connectivity index (χ4v) is 8.06. The van der Waals surface area contributed by atoms with Gasteiger partial charge in [-0.1, -0.05) is 25.6 Å². The lowest BCUT2D eigenvalue weighted by Crippen LogP contribution is -3.15. The Morgan fingerprint density at radius 3 is 2.14 bits per heavy atom. The molecule has 9 heteroatoms. The third-order valence-corrected chi connectivity index (χ3v) is 9.40. The predicted octanol–water partition coefficient (Wildman–Crippen LogP) is 5.83. The second kappa shape index (κ2) is 9.75. The van der Waals surface area contributed by atoms with Crippen molar-refractivity contribution < 1.29 is 22.4 Å². The number of hydrogen-bond donors (Lipinski definition) is 3. The van der Waals surface area contributed by atoms with Crippen molar-refractivity contribution in [1.82, 2.24) is 0 Å². The van der Waals surface area contributed by atoms with Crippen molar-refractivity contribution in [3.8, 4) is 0 Å². The first kappa shape index (κ1) is 28.2. The van der Waals surface area contributed by atoms with E-state index in [1.807, 2.05) is 11.8 Å². The SMILES string of the molecule is CCN1c2cc3c(cc2C(C)CC1(C)C)Nc1cc2c(cc1S3)[NH+](CC)C(C)(C)CC2C.O=S(=O)([O-])O. The average molecular weight is 548 g/mol. The topological polar surface area (TPSA) is 97.1 Å². The Bertz CT molecular complexity index is 1220. The third kappa shape index (κ3) is 5.52. The molecule has 3 aliphatic rings. The van der Waals surface area contributed by atoms with Crippen LogP contribution in [-0.4, -0.2) is 41.7 Å². The van der Waals surface area contributed by atoms with Crippen molar-refractivity contribution in [3.63, 3.8) is 0 Å². The predicted molar refractivity (Wildman–Crippen MR) is 151 cm³/mol. The molecular weight excluding hydrogens is 506 g/mol. The van der Waals surface area contributed by atoms with Gasteiger partial charge in [-0.3, -0.25) is 9.45 Å². The van der Waals surface area contributed by atoms with Crippen molar-refractivity contribution in [2.75, 3.05) is 23.3 Å². The zero-order valence-electron chi connectivity index (χ0n) is 23.2. The van der Waals surface area contributed by atoms with E-state index in [1.54, 1.807) is 4.90 Å². The van der Waals surface area contributed by atoms with E-state index < -0.39 is 10.4 Å². The van der Waals surface area contributed by atoms with Crippen molar-refractivity contribution >= 4 is 44.9 Å². The lowest BCUT2D eigenvalue weighted by Gasteiger charge is -2.47. The van der Waals surface area contributed by atoms with Crippen LogP contribution in [0.2, 0.25) is 0 Å². The summed E-state index contributed by atoms with van der Waals surface area (Å²) in [7, 11) is -4.92. The van der Waals surface area contributed by atoms with Gasteiger partial charge in [-0.05, 0) is 83.6 Å². The first-order valence-electron chi connectivity index (χ1n) is 13.2. The maximum atomic E-state index is 8.63. The van der Waals surface area contributed by atoms with E-state index in [9.17, 15) is 0 Å². The maximum Gasteiger partial charge on any atom is 0.215 e. The van der Waals surface area contributed by atoms with E-state index in [0.717, 1.165) is 13.1 Å². The number of nitrogens with one attached hydrogen (secondary N) is 2. The molecule has 3 atom stereocenters. The fraction of sp³-hybridized carbons (Fsp3) is 0.571. The Morgan fingerprint density at radius 1 is 1.03 bits per heavy atom. The van der Waals surface area contributed by atoms with Gasteiger partial charge in [0, 0.05) is 45.6 Å². The Kier molecular flexibility index (Phi) is 7.44. The summed E-state index contributed by atoms with van der Waals surface area (Å²) in [6.07, 6.45) is 2.44. The molecule has 37 heavy (non-hydrogen) atoms. The van der Waals surface area contributed by atoms with Gasteiger partial charge in [-0.15, -0.1) is 0 Å². The molecule has 3 aliphatic heterocycles. The molecule has 3 N–H and O–H groups in total. The fourth-order valence-electron chi connectivity index (χ4n) is 7.03. The lowest BCUT2D eigenvalue weighted by atomic mass is 9.79. The molecule has 0 saturated heterocycles. The number of quaternary nitrogens is 1. The van der Waals surface area contributed by atoms with Gasteiger partial charge in [0.1, 0.15) is 5.69 Å². The first-order valence-corrected chi connectivity index (χ1v) is 15.4.